The van der Waals surface area contributed by atoms with Gasteiger partial charge in [-0.1, -0.05) is 6.07 Å². The van der Waals surface area contributed by atoms with Gasteiger partial charge in [0.2, 0.25) is 0 Å². The van der Waals surface area contributed by atoms with Crippen LogP contribution in [0.2, 0.25) is 0 Å². The second kappa shape index (κ2) is 4.11. The minimum Gasteiger partial charge on any atom is -0.486 e. The van der Waals surface area contributed by atoms with Gasteiger partial charge < -0.3 is 14.8 Å². The monoisotopic (exact) mass is 245 g/mol. The minimum atomic E-state index is -0.364. The van der Waals surface area contributed by atoms with Gasteiger partial charge in [-0.2, -0.15) is 5.26 Å². The Morgan fingerprint density at radius 3 is 2.83 bits per heavy atom. The van der Waals surface area contributed by atoms with Crippen molar-refractivity contribution in [3.05, 3.63) is 23.8 Å². The number of nitrogens with zero attached hydrogens (tertiary/aromatic N) is 2. The van der Waals surface area contributed by atoms with Gasteiger partial charge in [-0.05, 0) is 17.7 Å². The Hall–Kier alpha value is -2.42. The molecule has 0 spiro atoms. The highest BCUT2D eigenvalue weighted by atomic mass is 16.6. The van der Waals surface area contributed by atoms with E-state index in [4.69, 9.17) is 14.7 Å². The molecule has 1 N–H and O–H groups in total. The zero-order chi connectivity index (χ0) is 12.5. The van der Waals surface area contributed by atoms with Crippen LogP contribution < -0.4 is 14.8 Å². The molecule has 2 heterocycles. The molecule has 92 valence electrons. The highest BCUT2D eigenvalue weighted by Crippen LogP contribution is 2.33. The average Bonchev–Trinajstić information content (AvgIpc) is 2.79. The van der Waals surface area contributed by atoms with Crippen molar-refractivity contribution in [3.63, 3.8) is 0 Å². The first-order valence-electron chi connectivity index (χ1n) is 5.65. The molecule has 0 aromatic heterocycles. The van der Waals surface area contributed by atoms with Crippen LogP contribution in [0.15, 0.2) is 18.2 Å². The number of hydrogen-bond acceptors (Lipinski definition) is 4. The number of benzene rings is 1. The van der Waals surface area contributed by atoms with E-state index >= 15 is 0 Å². The summed E-state index contributed by atoms with van der Waals surface area (Å²) in [4.78, 5) is 12.5. The number of carbonyl (C=O) groups is 1. The molecule has 2 aliphatic rings. The molecule has 0 saturated carbocycles. The number of hydrogen-bond donors (Lipinski definition) is 1. The second-order valence-corrected chi connectivity index (χ2v) is 4.12. The SMILES string of the molecule is N#CN1CC(c2ccc3c(c2)OCCO3)NC1=O. The molecule has 1 saturated heterocycles. The lowest BCUT2D eigenvalue weighted by molar-refractivity contribution is 0.171. The third-order valence-electron chi connectivity index (χ3n) is 3.00. The number of carbonyl (C=O) groups excluding carboxylic acids is 1. The van der Waals surface area contributed by atoms with E-state index in [1.165, 1.54) is 0 Å². The van der Waals surface area contributed by atoms with Crippen molar-refractivity contribution < 1.29 is 14.3 Å². The van der Waals surface area contributed by atoms with Gasteiger partial charge in [0, 0.05) is 0 Å². The summed E-state index contributed by atoms with van der Waals surface area (Å²) in [6.07, 6.45) is 1.84. The maximum atomic E-state index is 11.4. The van der Waals surface area contributed by atoms with Crippen molar-refractivity contribution in [3.8, 4) is 17.7 Å². The van der Waals surface area contributed by atoms with E-state index in [2.05, 4.69) is 5.32 Å². The summed E-state index contributed by atoms with van der Waals surface area (Å²) in [5.41, 5.74) is 0.908. The van der Waals surface area contributed by atoms with Crippen LogP contribution in [-0.4, -0.2) is 30.7 Å². The molecule has 18 heavy (non-hydrogen) atoms. The average molecular weight is 245 g/mol. The van der Waals surface area contributed by atoms with E-state index in [0.717, 1.165) is 10.5 Å². The topological polar surface area (TPSA) is 74.6 Å². The van der Waals surface area contributed by atoms with Crippen LogP contribution in [0, 0.1) is 11.5 Å². The van der Waals surface area contributed by atoms with Gasteiger partial charge in [-0.15, -0.1) is 0 Å². The lowest BCUT2D eigenvalue weighted by Crippen LogP contribution is -2.23. The molecule has 0 aliphatic carbocycles. The standard InChI is InChI=1S/C12H11N3O3/c13-7-15-6-9(14-12(15)16)8-1-2-10-11(5-8)18-4-3-17-10/h1-2,5,9H,3-4,6H2,(H,14,16). The van der Waals surface area contributed by atoms with E-state index in [0.29, 0.717) is 31.3 Å². The van der Waals surface area contributed by atoms with Crippen molar-refractivity contribution >= 4 is 6.03 Å². The Labute approximate surface area is 104 Å². The molecule has 1 fully saturated rings. The number of rotatable bonds is 1. The Morgan fingerprint density at radius 1 is 1.33 bits per heavy atom. The molecule has 2 amide bonds. The van der Waals surface area contributed by atoms with E-state index in [1.807, 2.05) is 24.4 Å². The zero-order valence-electron chi connectivity index (χ0n) is 9.55. The summed E-state index contributed by atoms with van der Waals surface area (Å²) in [7, 11) is 0. The molecule has 2 aliphatic heterocycles. The number of fused-ring (bicyclic) bond motifs is 1. The third-order valence-corrected chi connectivity index (χ3v) is 3.00. The molecule has 1 aromatic rings. The Morgan fingerprint density at radius 2 is 2.11 bits per heavy atom. The van der Waals surface area contributed by atoms with E-state index in [-0.39, 0.29) is 12.1 Å². The summed E-state index contributed by atoms with van der Waals surface area (Å²) in [6.45, 7) is 1.42. The molecule has 1 unspecified atom stereocenters. The largest absolute Gasteiger partial charge is 0.486 e. The van der Waals surface area contributed by atoms with Gasteiger partial charge in [0.25, 0.3) is 0 Å². The fourth-order valence-electron chi connectivity index (χ4n) is 2.09. The molecule has 0 bridgehead atoms. The Balaban J connectivity index is 1.86. The van der Waals surface area contributed by atoms with Gasteiger partial charge in [-0.3, -0.25) is 0 Å². The van der Waals surface area contributed by atoms with Crippen LogP contribution >= 0.6 is 0 Å². The first-order valence-corrected chi connectivity index (χ1v) is 5.65. The van der Waals surface area contributed by atoms with E-state index < -0.39 is 0 Å². The summed E-state index contributed by atoms with van der Waals surface area (Å²) >= 11 is 0. The minimum absolute atomic E-state index is 0.187. The van der Waals surface area contributed by atoms with Crippen LogP contribution in [0.5, 0.6) is 11.5 Å². The number of nitriles is 1. The van der Waals surface area contributed by atoms with Crippen molar-refractivity contribution in [1.29, 1.82) is 5.26 Å². The highest BCUT2D eigenvalue weighted by Gasteiger charge is 2.30. The smallest absolute Gasteiger partial charge is 0.331 e. The predicted molar refractivity (Wildman–Crippen MR) is 61.0 cm³/mol. The Bertz CT molecular complexity index is 538. The normalized spacial score (nSPS) is 21.4. The van der Waals surface area contributed by atoms with Crippen LogP contribution in [0.3, 0.4) is 0 Å². The first kappa shape index (κ1) is 10.7. The number of amides is 2. The van der Waals surface area contributed by atoms with Crippen LogP contribution in [0.4, 0.5) is 4.79 Å². The third kappa shape index (κ3) is 1.70. The summed E-state index contributed by atoms with van der Waals surface area (Å²) in [6, 6.07) is 5.00. The van der Waals surface area contributed by atoms with Crippen LogP contribution in [0.25, 0.3) is 0 Å². The number of urea groups is 1. The van der Waals surface area contributed by atoms with Crippen molar-refractivity contribution in [1.82, 2.24) is 10.2 Å². The molecular weight excluding hydrogens is 234 g/mol. The summed E-state index contributed by atoms with van der Waals surface area (Å²) in [5, 5.41) is 11.5. The Kier molecular flexibility index (Phi) is 2.45. The molecule has 1 aromatic carbocycles. The van der Waals surface area contributed by atoms with Crippen molar-refractivity contribution in [2.75, 3.05) is 19.8 Å². The highest BCUT2D eigenvalue weighted by molar-refractivity contribution is 5.78. The number of nitrogens with one attached hydrogen (secondary N) is 1. The van der Waals surface area contributed by atoms with Gasteiger partial charge in [0.15, 0.2) is 17.7 Å². The van der Waals surface area contributed by atoms with Gasteiger partial charge in [-0.25, -0.2) is 9.69 Å². The van der Waals surface area contributed by atoms with E-state index in [1.54, 1.807) is 0 Å². The lowest BCUT2D eigenvalue weighted by Gasteiger charge is -2.20. The van der Waals surface area contributed by atoms with Gasteiger partial charge >= 0.3 is 6.03 Å². The lowest BCUT2D eigenvalue weighted by atomic mass is 10.1. The molecule has 0 radical (unpaired) electrons. The fraction of sp³-hybridized carbons (Fsp3) is 0.333. The molecule has 6 nitrogen and oxygen atoms in total. The zero-order valence-corrected chi connectivity index (χ0v) is 9.55. The molecule has 1 atom stereocenters. The van der Waals surface area contributed by atoms with Crippen LogP contribution in [0.1, 0.15) is 11.6 Å². The molecule has 3 rings (SSSR count). The number of ether oxygens (including phenoxy) is 2. The quantitative estimate of drug-likeness (QED) is 0.749. The van der Waals surface area contributed by atoms with E-state index in [9.17, 15) is 4.79 Å². The summed E-state index contributed by atoms with van der Waals surface area (Å²) < 4.78 is 10.9. The van der Waals surface area contributed by atoms with Crippen molar-refractivity contribution in [2.24, 2.45) is 0 Å². The maximum absolute atomic E-state index is 11.4. The van der Waals surface area contributed by atoms with Gasteiger partial charge in [0.05, 0.1) is 12.6 Å². The second-order valence-electron chi connectivity index (χ2n) is 4.12. The predicted octanol–water partition coefficient (Wildman–Crippen LogP) is 1.01. The first-order chi connectivity index (χ1) is 8.78. The summed E-state index contributed by atoms with van der Waals surface area (Å²) in [5.74, 6) is 1.40. The van der Waals surface area contributed by atoms with Gasteiger partial charge in [0.1, 0.15) is 13.2 Å². The fourth-order valence-corrected chi connectivity index (χ4v) is 2.09. The van der Waals surface area contributed by atoms with Crippen molar-refractivity contribution in [2.45, 2.75) is 6.04 Å². The maximum Gasteiger partial charge on any atom is 0.331 e. The molecule has 6 heteroatoms. The molecular formula is C12H11N3O3. The van der Waals surface area contributed by atoms with Crippen LogP contribution in [-0.2, 0) is 0 Å².